The first kappa shape index (κ1) is 10.7. The standard InChI is InChI=1S/C17H12O2/c18-16-12-6-1-2-7-13(12)17(19)15-9-11-5-3-4-10(11)8-14(15)16/h1-2,6-9H,3-5H2. The number of hydrogen-bond acceptors (Lipinski definition) is 2. The van der Waals surface area contributed by atoms with E-state index in [1.54, 1.807) is 12.1 Å². The number of aryl methyl sites for hydroxylation is 2. The minimum absolute atomic E-state index is 0.0140. The average molecular weight is 248 g/mol. The van der Waals surface area contributed by atoms with Crippen LogP contribution in [0.1, 0.15) is 49.4 Å². The molecule has 0 unspecified atom stereocenters. The number of ketones is 2. The van der Waals surface area contributed by atoms with E-state index in [4.69, 9.17) is 0 Å². The number of fused-ring (bicyclic) bond motifs is 3. The van der Waals surface area contributed by atoms with Gasteiger partial charge in [0.15, 0.2) is 11.6 Å². The molecule has 0 heterocycles. The van der Waals surface area contributed by atoms with E-state index in [2.05, 4.69) is 0 Å². The van der Waals surface area contributed by atoms with Crippen molar-refractivity contribution in [3.63, 3.8) is 0 Å². The molecule has 0 saturated heterocycles. The fourth-order valence-corrected chi connectivity index (χ4v) is 3.17. The Hall–Kier alpha value is -2.22. The quantitative estimate of drug-likeness (QED) is 0.613. The highest BCUT2D eigenvalue weighted by Crippen LogP contribution is 2.32. The van der Waals surface area contributed by atoms with Crippen LogP contribution in [0.15, 0.2) is 36.4 Å². The topological polar surface area (TPSA) is 34.1 Å². The molecule has 2 nitrogen and oxygen atoms in total. The molecule has 2 aromatic rings. The third kappa shape index (κ3) is 1.37. The smallest absolute Gasteiger partial charge is 0.194 e. The van der Waals surface area contributed by atoms with Crippen molar-refractivity contribution in [2.24, 2.45) is 0 Å². The minimum Gasteiger partial charge on any atom is -0.289 e. The van der Waals surface area contributed by atoms with Gasteiger partial charge in [-0.1, -0.05) is 24.3 Å². The van der Waals surface area contributed by atoms with Gasteiger partial charge in [-0.05, 0) is 42.5 Å². The highest BCUT2D eigenvalue weighted by atomic mass is 16.1. The molecule has 0 amide bonds. The Labute approximate surface area is 111 Å². The van der Waals surface area contributed by atoms with E-state index in [1.807, 2.05) is 24.3 Å². The summed E-state index contributed by atoms with van der Waals surface area (Å²) in [7, 11) is 0. The van der Waals surface area contributed by atoms with Crippen LogP contribution in [0, 0.1) is 0 Å². The van der Waals surface area contributed by atoms with Gasteiger partial charge in [0.1, 0.15) is 0 Å². The molecule has 0 N–H and O–H groups in total. The van der Waals surface area contributed by atoms with Crippen LogP contribution in [0.2, 0.25) is 0 Å². The lowest BCUT2D eigenvalue weighted by Crippen LogP contribution is -2.21. The predicted molar refractivity (Wildman–Crippen MR) is 71.8 cm³/mol. The Kier molecular flexibility index (Phi) is 2.05. The third-order valence-corrected chi connectivity index (χ3v) is 4.14. The first-order valence-electron chi connectivity index (χ1n) is 6.60. The molecule has 0 saturated carbocycles. The molecular weight excluding hydrogens is 236 g/mol. The molecule has 0 aliphatic heterocycles. The minimum atomic E-state index is -0.0140. The summed E-state index contributed by atoms with van der Waals surface area (Å²) in [4.78, 5) is 25.0. The van der Waals surface area contributed by atoms with E-state index < -0.39 is 0 Å². The fraction of sp³-hybridized carbons (Fsp3) is 0.176. The number of benzene rings is 2. The van der Waals surface area contributed by atoms with Crippen LogP contribution in [0.4, 0.5) is 0 Å². The fourth-order valence-electron chi connectivity index (χ4n) is 3.17. The molecule has 0 spiro atoms. The molecular formula is C17H12O2. The first-order valence-corrected chi connectivity index (χ1v) is 6.60. The van der Waals surface area contributed by atoms with Crippen molar-refractivity contribution in [3.8, 4) is 0 Å². The molecule has 0 atom stereocenters. The number of hydrogen-bond donors (Lipinski definition) is 0. The van der Waals surface area contributed by atoms with Crippen molar-refractivity contribution >= 4 is 11.6 Å². The van der Waals surface area contributed by atoms with Crippen LogP contribution in [0.3, 0.4) is 0 Å². The average Bonchev–Trinajstić information content (AvgIpc) is 2.90. The second kappa shape index (κ2) is 3.64. The van der Waals surface area contributed by atoms with Crippen molar-refractivity contribution in [1.29, 1.82) is 0 Å². The van der Waals surface area contributed by atoms with Gasteiger partial charge in [-0.3, -0.25) is 9.59 Å². The zero-order chi connectivity index (χ0) is 13.0. The Morgan fingerprint density at radius 1 is 0.684 bits per heavy atom. The SMILES string of the molecule is O=C1c2ccccc2C(=O)c2cc3c(cc21)CCC3. The summed E-state index contributed by atoms with van der Waals surface area (Å²) in [5.41, 5.74) is 4.73. The van der Waals surface area contributed by atoms with E-state index in [0.29, 0.717) is 22.3 Å². The van der Waals surface area contributed by atoms with Gasteiger partial charge < -0.3 is 0 Å². The largest absolute Gasteiger partial charge is 0.289 e. The van der Waals surface area contributed by atoms with E-state index in [0.717, 1.165) is 19.3 Å². The molecule has 0 fully saturated rings. The van der Waals surface area contributed by atoms with Gasteiger partial charge >= 0.3 is 0 Å². The summed E-state index contributed by atoms with van der Waals surface area (Å²) < 4.78 is 0. The van der Waals surface area contributed by atoms with Crippen molar-refractivity contribution in [2.45, 2.75) is 19.3 Å². The maximum atomic E-state index is 12.5. The summed E-state index contributed by atoms with van der Waals surface area (Å²) in [6, 6.07) is 11.0. The van der Waals surface area contributed by atoms with E-state index in [-0.39, 0.29) is 11.6 Å². The highest BCUT2D eigenvalue weighted by molar-refractivity contribution is 6.28. The van der Waals surface area contributed by atoms with Crippen molar-refractivity contribution in [2.75, 3.05) is 0 Å². The molecule has 92 valence electrons. The molecule has 0 aromatic heterocycles. The summed E-state index contributed by atoms with van der Waals surface area (Å²) in [5.74, 6) is -0.0280. The molecule has 19 heavy (non-hydrogen) atoms. The number of carbonyl (C=O) groups is 2. The Morgan fingerprint density at radius 2 is 1.16 bits per heavy atom. The Bertz CT molecular complexity index is 679. The van der Waals surface area contributed by atoms with Gasteiger partial charge in [0.05, 0.1) is 0 Å². The van der Waals surface area contributed by atoms with E-state index in [9.17, 15) is 9.59 Å². The van der Waals surface area contributed by atoms with Crippen LogP contribution in [-0.2, 0) is 12.8 Å². The van der Waals surface area contributed by atoms with Crippen LogP contribution in [0.25, 0.3) is 0 Å². The lowest BCUT2D eigenvalue weighted by Gasteiger charge is -2.18. The van der Waals surface area contributed by atoms with Crippen LogP contribution < -0.4 is 0 Å². The predicted octanol–water partition coefficient (Wildman–Crippen LogP) is 2.95. The Morgan fingerprint density at radius 3 is 1.63 bits per heavy atom. The highest BCUT2D eigenvalue weighted by Gasteiger charge is 2.30. The van der Waals surface area contributed by atoms with Gasteiger partial charge in [-0.15, -0.1) is 0 Å². The van der Waals surface area contributed by atoms with Gasteiger partial charge in [0.2, 0.25) is 0 Å². The van der Waals surface area contributed by atoms with Gasteiger partial charge in [0, 0.05) is 22.3 Å². The molecule has 2 heteroatoms. The van der Waals surface area contributed by atoms with Gasteiger partial charge in [-0.25, -0.2) is 0 Å². The maximum absolute atomic E-state index is 12.5. The molecule has 2 aliphatic rings. The van der Waals surface area contributed by atoms with E-state index >= 15 is 0 Å². The zero-order valence-electron chi connectivity index (χ0n) is 10.4. The monoisotopic (exact) mass is 248 g/mol. The summed E-state index contributed by atoms with van der Waals surface area (Å²) in [5, 5.41) is 0. The molecule has 2 aliphatic carbocycles. The molecule has 2 aromatic carbocycles. The molecule has 0 radical (unpaired) electrons. The van der Waals surface area contributed by atoms with Crippen molar-refractivity contribution < 1.29 is 9.59 Å². The molecule has 4 rings (SSSR count). The lowest BCUT2D eigenvalue weighted by molar-refractivity contribution is 0.0979. The maximum Gasteiger partial charge on any atom is 0.194 e. The molecule has 0 bridgehead atoms. The normalized spacial score (nSPS) is 16.0. The lowest BCUT2D eigenvalue weighted by atomic mass is 9.82. The third-order valence-electron chi connectivity index (χ3n) is 4.14. The van der Waals surface area contributed by atoms with Crippen molar-refractivity contribution in [3.05, 3.63) is 69.8 Å². The zero-order valence-corrected chi connectivity index (χ0v) is 10.4. The second-order valence-corrected chi connectivity index (χ2v) is 5.22. The van der Waals surface area contributed by atoms with E-state index in [1.165, 1.54) is 11.1 Å². The van der Waals surface area contributed by atoms with Crippen LogP contribution in [-0.4, -0.2) is 11.6 Å². The van der Waals surface area contributed by atoms with Gasteiger partial charge in [-0.2, -0.15) is 0 Å². The number of rotatable bonds is 0. The summed E-state index contributed by atoms with van der Waals surface area (Å²) in [6.45, 7) is 0. The van der Waals surface area contributed by atoms with Crippen molar-refractivity contribution in [1.82, 2.24) is 0 Å². The summed E-state index contributed by atoms with van der Waals surface area (Å²) >= 11 is 0. The number of carbonyl (C=O) groups excluding carboxylic acids is 2. The first-order chi connectivity index (χ1) is 9.25. The van der Waals surface area contributed by atoms with Crippen LogP contribution >= 0.6 is 0 Å². The Balaban J connectivity index is 2.01. The second-order valence-electron chi connectivity index (χ2n) is 5.22. The summed E-state index contributed by atoms with van der Waals surface area (Å²) in [6.07, 6.45) is 3.16. The van der Waals surface area contributed by atoms with Crippen LogP contribution in [0.5, 0.6) is 0 Å². The van der Waals surface area contributed by atoms with Gasteiger partial charge in [0.25, 0.3) is 0 Å².